The summed E-state index contributed by atoms with van der Waals surface area (Å²) in [6.45, 7) is 5.37. The molecule has 2 N–H and O–H groups in total. The average Bonchev–Trinajstić information content (AvgIpc) is 2.54. The zero-order valence-corrected chi connectivity index (χ0v) is 17.7. The maximum absolute atomic E-state index is 12.6. The van der Waals surface area contributed by atoms with Crippen LogP contribution in [0.1, 0.15) is 31.9 Å². The SMILES string of the molecule is CC(C)(C)NS(=O)(=O)c1ccccc1CNC(=O)Cc1c(Cl)cccc1Cl. The first-order valence-electron chi connectivity index (χ1n) is 8.31. The summed E-state index contributed by atoms with van der Waals surface area (Å²) in [6.07, 6.45) is 0.00760. The molecule has 0 bridgehead atoms. The molecule has 0 heterocycles. The first-order valence-corrected chi connectivity index (χ1v) is 10.5. The van der Waals surface area contributed by atoms with Crippen molar-refractivity contribution in [3.8, 4) is 0 Å². The van der Waals surface area contributed by atoms with E-state index < -0.39 is 15.6 Å². The minimum atomic E-state index is -3.71. The van der Waals surface area contributed by atoms with Gasteiger partial charge in [0.2, 0.25) is 15.9 Å². The Morgan fingerprint density at radius 2 is 1.59 bits per heavy atom. The number of nitrogens with one attached hydrogen (secondary N) is 2. The lowest BCUT2D eigenvalue weighted by molar-refractivity contribution is -0.120. The smallest absolute Gasteiger partial charge is 0.241 e. The number of halogens is 2. The number of benzene rings is 2. The Morgan fingerprint density at radius 3 is 2.19 bits per heavy atom. The molecule has 2 aromatic carbocycles. The van der Waals surface area contributed by atoms with Gasteiger partial charge in [-0.2, -0.15) is 0 Å². The van der Waals surface area contributed by atoms with E-state index in [9.17, 15) is 13.2 Å². The average molecular weight is 429 g/mol. The summed E-state index contributed by atoms with van der Waals surface area (Å²) >= 11 is 12.2. The van der Waals surface area contributed by atoms with E-state index in [0.717, 1.165) is 0 Å². The molecular formula is C19H22Cl2N2O3S. The van der Waals surface area contributed by atoms with E-state index >= 15 is 0 Å². The van der Waals surface area contributed by atoms with Gasteiger partial charge in [0.1, 0.15) is 0 Å². The van der Waals surface area contributed by atoms with Crippen LogP contribution < -0.4 is 10.0 Å². The van der Waals surface area contributed by atoms with E-state index in [1.165, 1.54) is 6.07 Å². The molecule has 0 atom stereocenters. The molecule has 146 valence electrons. The molecule has 0 saturated carbocycles. The van der Waals surface area contributed by atoms with E-state index in [1.54, 1.807) is 57.2 Å². The number of carbonyl (C=O) groups is 1. The van der Waals surface area contributed by atoms with Gasteiger partial charge >= 0.3 is 0 Å². The largest absolute Gasteiger partial charge is 0.352 e. The third-order valence-electron chi connectivity index (χ3n) is 3.58. The Morgan fingerprint density at radius 1 is 1.00 bits per heavy atom. The predicted molar refractivity (Wildman–Crippen MR) is 109 cm³/mol. The van der Waals surface area contributed by atoms with E-state index in [-0.39, 0.29) is 23.8 Å². The van der Waals surface area contributed by atoms with Gasteiger partial charge in [-0.15, -0.1) is 0 Å². The molecule has 1 amide bonds. The van der Waals surface area contributed by atoms with E-state index in [2.05, 4.69) is 10.0 Å². The summed E-state index contributed by atoms with van der Waals surface area (Å²) in [5.74, 6) is -0.305. The lowest BCUT2D eigenvalue weighted by Crippen LogP contribution is -2.41. The highest BCUT2D eigenvalue weighted by molar-refractivity contribution is 7.89. The first kappa shape index (κ1) is 21.7. The van der Waals surface area contributed by atoms with Crippen molar-refractivity contribution in [3.05, 3.63) is 63.6 Å². The monoisotopic (exact) mass is 428 g/mol. The van der Waals surface area contributed by atoms with Crippen LogP contribution in [0.25, 0.3) is 0 Å². The molecular weight excluding hydrogens is 407 g/mol. The predicted octanol–water partition coefficient (Wildman–Crippen LogP) is 3.93. The zero-order chi connectivity index (χ0) is 20.2. The molecule has 0 aromatic heterocycles. The molecule has 2 aromatic rings. The lowest BCUT2D eigenvalue weighted by atomic mass is 10.1. The molecule has 0 fully saturated rings. The minimum absolute atomic E-state index is 0.00760. The second-order valence-corrected chi connectivity index (χ2v) is 9.58. The van der Waals surface area contributed by atoms with Gasteiger partial charge in [0.05, 0.1) is 11.3 Å². The Bertz CT molecular complexity index is 918. The maximum atomic E-state index is 12.6. The standard InChI is InChI=1S/C19H22Cl2N2O3S/c1-19(2,3)23-27(25,26)17-10-5-4-7-13(17)12-22-18(24)11-14-15(20)8-6-9-16(14)21/h4-10,23H,11-12H2,1-3H3,(H,22,24). The number of amides is 1. The Kier molecular flexibility index (Phi) is 6.92. The third kappa shape index (κ3) is 6.21. The van der Waals surface area contributed by atoms with Crippen LogP contribution in [-0.4, -0.2) is 19.9 Å². The summed E-state index contributed by atoms with van der Waals surface area (Å²) in [6, 6.07) is 11.6. The van der Waals surface area contributed by atoms with Gasteiger partial charge in [-0.3, -0.25) is 4.79 Å². The highest BCUT2D eigenvalue weighted by Crippen LogP contribution is 2.24. The van der Waals surface area contributed by atoms with Crippen molar-refractivity contribution in [1.29, 1.82) is 0 Å². The molecule has 0 aliphatic rings. The zero-order valence-electron chi connectivity index (χ0n) is 15.3. The Labute approximate surface area is 170 Å². The first-order chi connectivity index (χ1) is 12.5. The van der Waals surface area contributed by atoms with Crippen molar-refractivity contribution in [3.63, 3.8) is 0 Å². The van der Waals surface area contributed by atoms with Gasteiger partial charge in [0, 0.05) is 22.1 Å². The molecule has 2 rings (SSSR count). The summed E-state index contributed by atoms with van der Waals surface area (Å²) < 4.78 is 27.9. The van der Waals surface area contributed by atoms with Crippen LogP contribution in [0.5, 0.6) is 0 Å². The highest BCUT2D eigenvalue weighted by Gasteiger charge is 2.24. The van der Waals surface area contributed by atoms with Gasteiger partial charge in [-0.05, 0) is 50.1 Å². The number of rotatable bonds is 6. The van der Waals surface area contributed by atoms with Crippen LogP contribution in [0.4, 0.5) is 0 Å². The van der Waals surface area contributed by atoms with Crippen LogP contribution in [0.15, 0.2) is 47.4 Å². The summed E-state index contributed by atoms with van der Waals surface area (Å²) in [5, 5.41) is 3.55. The molecule has 0 unspecified atom stereocenters. The normalized spacial score (nSPS) is 12.0. The van der Waals surface area contributed by atoms with Crippen molar-refractivity contribution < 1.29 is 13.2 Å². The van der Waals surface area contributed by atoms with Crippen LogP contribution in [0.2, 0.25) is 10.0 Å². The van der Waals surface area contributed by atoms with Crippen LogP contribution in [0, 0.1) is 0 Å². The van der Waals surface area contributed by atoms with Gasteiger partial charge in [0.15, 0.2) is 0 Å². The van der Waals surface area contributed by atoms with Crippen molar-refractivity contribution in [1.82, 2.24) is 10.0 Å². The summed E-state index contributed by atoms with van der Waals surface area (Å²) in [7, 11) is -3.71. The lowest BCUT2D eigenvalue weighted by Gasteiger charge is -2.21. The number of carbonyl (C=O) groups excluding carboxylic acids is 1. The van der Waals surface area contributed by atoms with Crippen LogP contribution in [0.3, 0.4) is 0 Å². The number of sulfonamides is 1. The maximum Gasteiger partial charge on any atom is 0.241 e. The van der Waals surface area contributed by atoms with Crippen LogP contribution >= 0.6 is 23.2 Å². The van der Waals surface area contributed by atoms with Gasteiger partial charge in [-0.1, -0.05) is 47.5 Å². The summed E-state index contributed by atoms with van der Waals surface area (Å²) in [4.78, 5) is 12.4. The van der Waals surface area contributed by atoms with Crippen molar-refractivity contribution in [2.45, 2.75) is 44.2 Å². The van der Waals surface area contributed by atoms with Gasteiger partial charge in [-0.25, -0.2) is 13.1 Å². The molecule has 8 heteroatoms. The molecule has 5 nitrogen and oxygen atoms in total. The fraction of sp³-hybridized carbons (Fsp3) is 0.316. The fourth-order valence-electron chi connectivity index (χ4n) is 2.49. The molecule has 0 spiro atoms. The van der Waals surface area contributed by atoms with Gasteiger partial charge in [0.25, 0.3) is 0 Å². The van der Waals surface area contributed by atoms with Crippen LogP contribution in [-0.2, 0) is 27.8 Å². The Balaban J connectivity index is 2.14. The highest BCUT2D eigenvalue weighted by atomic mass is 35.5. The molecule has 27 heavy (non-hydrogen) atoms. The molecule has 0 aliphatic heterocycles. The van der Waals surface area contributed by atoms with E-state index in [1.807, 2.05) is 0 Å². The van der Waals surface area contributed by atoms with Crippen molar-refractivity contribution >= 4 is 39.1 Å². The van der Waals surface area contributed by atoms with Gasteiger partial charge < -0.3 is 5.32 Å². The second kappa shape index (κ2) is 8.61. The molecule has 0 saturated heterocycles. The summed E-state index contributed by atoms with van der Waals surface area (Å²) in [5.41, 5.74) is 0.414. The van der Waals surface area contributed by atoms with E-state index in [0.29, 0.717) is 21.2 Å². The van der Waals surface area contributed by atoms with Crippen molar-refractivity contribution in [2.75, 3.05) is 0 Å². The number of hydrogen-bond donors (Lipinski definition) is 2. The molecule has 0 aliphatic carbocycles. The minimum Gasteiger partial charge on any atom is -0.352 e. The number of hydrogen-bond acceptors (Lipinski definition) is 3. The fourth-order valence-corrected chi connectivity index (χ4v) is 4.68. The molecule has 0 radical (unpaired) electrons. The Hall–Kier alpha value is -1.60. The quantitative estimate of drug-likeness (QED) is 0.731. The topological polar surface area (TPSA) is 75.3 Å². The van der Waals surface area contributed by atoms with E-state index in [4.69, 9.17) is 23.2 Å². The van der Waals surface area contributed by atoms with Crippen molar-refractivity contribution in [2.24, 2.45) is 0 Å². The second-order valence-electron chi connectivity index (χ2n) is 7.12. The third-order valence-corrected chi connectivity index (χ3v) is 6.14.